The molecular weight excluding hydrogens is 146 g/mol. The van der Waals surface area contributed by atoms with E-state index in [1.165, 1.54) is 0 Å². The first-order valence-corrected chi connectivity index (χ1v) is 3.37. The maximum atomic E-state index is 5.80. The first-order valence-electron chi connectivity index (χ1n) is 2.99. The fourth-order valence-electron chi connectivity index (χ4n) is 0.733. The summed E-state index contributed by atoms with van der Waals surface area (Å²) in [6.45, 7) is 5.53. The van der Waals surface area contributed by atoms with Gasteiger partial charge in [0.05, 0.1) is 5.69 Å². The molecule has 1 heterocycles. The molecule has 2 heteroatoms. The molecule has 0 aliphatic rings. The quantitative estimate of drug-likeness (QED) is 0.605. The van der Waals surface area contributed by atoms with Gasteiger partial charge >= 0.3 is 0 Å². The van der Waals surface area contributed by atoms with Crippen molar-refractivity contribution in [2.24, 2.45) is 0 Å². The summed E-state index contributed by atoms with van der Waals surface area (Å²) in [5, 5.41) is 0.741. The van der Waals surface area contributed by atoms with Gasteiger partial charge in [-0.05, 0) is 24.6 Å². The number of hydrogen-bond donors (Lipinski definition) is 0. The van der Waals surface area contributed by atoms with E-state index >= 15 is 0 Å². The zero-order valence-electron chi connectivity index (χ0n) is 5.76. The summed E-state index contributed by atoms with van der Waals surface area (Å²) in [5.74, 6) is 0. The molecule has 0 aliphatic carbocycles. The topological polar surface area (TPSA) is 12.9 Å². The van der Waals surface area contributed by atoms with Crippen molar-refractivity contribution in [2.45, 2.75) is 6.92 Å². The van der Waals surface area contributed by atoms with Crippen molar-refractivity contribution in [1.29, 1.82) is 0 Å². The van der Waals surface area contributed by atoms with E-state index in [1.54, 1.807) is 18.3 Å². The molecular formula is C8H8ClN. The van der Waals surface area contributed by atoms with Crippen molar-refractivity contribution in [1.82, 2.24) is 4.98 Å². The molecule has 0 unspecified atom stereocenters. The normalized spacial score (nSPS) is 9.40. The van der Waals surface area contributed by atoms with Gasteiger partial charge in [-0.1, -0.05) is 18.2 Å². The molecule has 10 heavy (non-hydrogen) atoms. The molecule has 0 saturated carbocycles. The Morgan fingerprint density at radius 1 is 1.70 bits per heavy atom. The molecule has 0 spiro atoms. The van der Waals surface area contributed by atoms with Crippen molar-refractivity contribution in [2.75, 3.05) is 0 Å². The van der Waals surface area contributed by atoms with Gasteiger partial charge in [-0.25, -0.2) is 0 Å². The lowest BCUT2D eigenvalue weighted by atomic mass is 10.2. The number of rotatable bonds is 1. The third kappa shape index (κ3) is 1.19. The van der Waals surface area contributed by atoms with E-state index in [4.69, 9.17) is 11.6 Å². The summed E-state index contributed by atoms with van der Waals surface area (Å²) < 4.78 is 0. The van der Waals surface area contributed by atoms with Gasteiger partial charge in [0.2, 0.25) is 0 Å². The van der Waals surface area contributed by atoms with Crippen LogP contribution >= 0.6 is 11.6 Å². The minimum absolute atomic E-state index is 0.741. The van der Waals surface area contributed by atoms with E-state index in [-0.39, 0.29) is 0 Å². The van der Waals surface area contributed by atoms with E-state index in [1.807, 2.05) is 6.92 Å². The van der Waals surface area contributed by atoms with Crippen LogP contribution in [-0.4, -0.2) is 4.98 Å². The molecule has 52 valence electrons. The van der Waals surface area contributed by atoms with Crippen molar-refractivity contribution in [3.05, 3.63) is 35.1 Å². The van der Waals surface area contributed by atoms with Gasteiger partial charge in [-0.3, -0.25) is 4.98 Å². The van der Waals surface area contributed by atoms with Crippen molar-refractivity contribution >= 4 is 17.7 Å². The standard InChI is InChI=1S/C8H8ClN/c1-3-8-6(2)7(9)4-5-10-8/h3-5H,1H2,2H3. The van der Waals surface area contributed by atoms with E-state index < -0.39 is 0 Å². The zero-order chi connectivity index (χ0) is 7.56. The highest BCUT2D eigenvalue weighted by Gasteiger charge is 1.97. The summed E-state index contributed by atoms with van der Waals surface area (Å²) >= 11 is 5.80. The lowest BCUT2D eigenvalue weighted by Crippen LogP contribution is -1.85. The molecule has 0 atom stereocenters. The molecule has 1 nitrogen and oxygen atoms in total. The number of pyridine rings is 1. The minimum atomic E-state index is 0.741. The van der Waals surface area contributed by atoms with Crippen LogP contribution in [0.2, 0.25) is 5.02 Å². The van der Waals surface area contributed by atoms with Crippen LogP contribution in [0.5, 0.6) is 0 Å². The van der Waals surface area contributed by atoms with Gasteiger partial charge in [-0.15, -0.1) is 0 Å². The average molecular weight is 154 g/mol. The van der Waals surface area contributed by atoms with Gasteiger partial charge in [0, 0.05) is 11.2 Å². The first-order chi connectivity index (χ1) is 4.75. The van der Waals surface area contributed by atoms with E-state index in [2.05, 4.69) is 11.6 Å². The highest BCUT2D eigenvalue weighted by molar-refractivity contribution is 6.31. The Labute approximate surface area is 65.4 Å². The number of halogens is 1. The number of nitrogens with zero attached hydrogens (tertiary/aromatic N) is 1. The number of hydrogen-bond acceptors (Lipinski definition) is 1. The van der Waals surface area contributed by atoms with Crippen molar-refractivity contribution in [3.63, 3.8) is 0 Å². The number of aromatic nitrogens is 1. The average Bonchev–Trinajstić information content (AvgIpc) is 1.95. The van der Waals surface area contributed by atoms with Gasteiger partial charge < -0.3 is 0 Å². The molecule has 0 aliphatic heterocycles. The molecule has 0 aromatic carbocycles. The largest absolute Gasteiger partial charge is 0.257 e. The van der Waals surface area contributed by atoms with Crippen molar-refractivity contribution < 1.29 is 0 Å². The molecule has 0 fully saturated rings. The predicted octanol–water partition coefficient (Wildman–Crippen LogP) is 2.69. The van der Waals surface area contributed by atoms with Gasteiger partial charge in [-0.2, -0.15) is 0 Å². The predicted molar refractivity (Wildman–Crippen MR) is 44.1 cm³/mol. The first kappa shape index (κ1) is 7.29. The lowest BCUT2D eigenvalue weighted by Gasteiger charge is -1.98. The second kappa shape index (κ2) is 2.84. The van der Waals surface area contributed by atoms with Crippen LogP contribution in [0.15, 0.2) is 18.8 Å². The summed E-state index contributed by atoms with van der Waals surface area (Å²) in [6, 6.07) is 1.77. The van der Waals surface area contributed by atoms with Crippen LogP contribution < -0.4 is 0 Å². The van der Waals surface area contributed by atoms with E-state index in [0.717, 1.165) is 16.3 Å². The van der Waals surface area contributed by atoms with E-state index in [9.17, 15) is 0 Å². The van der Waals surface area contributed by atoms with Gasteiger partial charge in [0.25, 0.3) is 0 Å². The Balaban J connectivity index is 3.27. The Morgan fingerprint density at radius 3 is 2.90 bits per heavy atom. The van der Waals surface area contributed by atoms with Crippen LogP contribution in [0.3, 0.4) is 0 Å². The lowest BCUT2D eigenvalue weighted by molar-refractivity contribution is 1.24. The summed E-state index contributed by atoms with van der Waals surface area (Å²) in [4.78, 5) is 4.06. The molecule has 1 rings (SSSR count). The smallest absolute Gasteiger partial charge is 0.0667 e. The summed E-state index contributed by atoms with van der Waals surface area (Å²) in [7, 11) is 0. The van der Waals surface area contributed by atoms with Crippen LogP contribution in [0.25, 0.3) is 6.08 Å². The van der Waals surface area contributed by atoms with Crippen LogP contribution in [-0.2, 0) is 0 Å². The second-order valence-corrected chi connectivity index (χ2v) is 2.41. The highest BCUT2D eigenvalue weighted by atomic mass is 35.5. The van der Waals surface area contributed by atoms with Crippen LogP contribution in [0, 0.1) is 6.92 Å². The fraction of sp³-hybridized carbons (Fsp3) is 0.125. The third-order valence-electron chi connectivity index (χ3n) is 1.37. The van der Waals surface area contributed by atoms with Crippen LogP contribution in [0.1, 0.15) is 11.3 Å². The highest BCUT2D eigenvalue weighted by Crippen LogP contribution is 2.16. The molecule has 1 aromatic heterocycles. The monoisotopic (exact) mass is 153 g/mol. The Bertz CT molecular complexity index is 255. The second-order valence-electron chi connectivity index (χ2n) is 2.01. The third-order valence-corrected chi connectivity index (χ3v) is 1.78. The molecule has 0 bridgehead atoms. The van der Waals surface area contributed by atoms with Gasteiger partial charge in [0.15, 0.2) is 0 Å². The molecule has 0 N–H and O–H groups in total. The molecule has 0 radical (unpaired) electrons. The maximum Gasteiger partial charge on any atom is 0.0667 e. The minimum Gasteiger partial charge on any atom is -0.257 e. The molecule has 0 amide bonds. The van der Waals surface area contributed by atoms with Gasteiger partial charge in [0.1, 0.15) is 0 Å². The van der Waals surface area contributed by atoms with Crippen LogP contribution in [0.4, 0.5) is 0 Å². The summed E-state index contributed by atoms with van der Waals surface area (Å²) in [5.41, 5.74) is 1.84. The fourth-order valence-corrected chi connectivity index (χ4v) is 0.886. The molecule has 0 saturated heterocycles. The van der Waals surface area contributed by atoms with E-state index in [0.29, 0.717) is 0 Å². The Hall–Kier alpha value is -0.820. The summed E-state index contributed by atoms with van der Waals surface area (Å²) in [6.07, 6.45) is 3.37. The maximum absolute atomic E-state index is 5.80. The molecule has 1 aromatic rings. The Morgan fingerprint density at radius 2 is 2.40 bits per heavy atom. The van der Waals surface area contributed by atoms with Crippen molar-refractivity contribution in [3.8, 4) is 0 Å². The Kier molecular flexibility index (Phi) is 2.07. The SMILES string of the molecule is C=Cc1nccc(Cl)c1C. The zero-order valence-corrected chi connectivity index (χ0v) is 6.52.